The Hall–Kier alpha value is -1.04. The zero-order valence-electron chi connectivity index (χ0n) is 12.4. The number of nitrogens with one attached hydrogen (secondary N) is 1. The highest BCUT2D eigenvalue weighted by molar-refractivity contribution is 5.26. The van der Waals surface area contributed by atoms with Gasteiger partial charge in [0.05, 0.1) is 12.1 Å². The highest BCUT2D eigenvalue weighted by atomic mass is 19.1. The molecule has 0 saturated heterocycles. The van der Waals surface area contributed by atoms with Crippen LogP contribution in [0.2, 0.25) is 0 Å². The van der Waals surface area contributed by atoms with E-state index in [1.807, 2.05) is 0 Å². The molecule has 0 bridgehead atoms. The van der Waals surface area contributed by atoms with Crippen LogP contribution in [-0.4, -0.2) is 42.8 Å². The Kier molecular flexibility index (Phi) is 6.52. The fourth-order valence-corrected chi connectivity index (χ4v) is 2.19. The molecular formula is C15H24F2N2O. The maximum atomic E-state index is 13.8. The Morgan fingerprint density at radius 3 is 2.45 bits per heavy atom. The third-order valence-electron chi connectivity index (χ3n) is 3.68. The first kappa shape index (κ1) is 17.0. The van der Waals surface area contributed by atoms with E-state index in [0.29, 0.717) is 6.54 Å². The molecule has 0 heterocycles. The number of benzene rings is 1. The monoisotopic (exact) mass is 286 g/mol. The van der Waals surface area contributed by atoms with E-state index in [4.69, 9.17) is 0 Å². The van der Waals surface area contributed by atoms with Crippen molar-refractivity contribution in [3.63, 3.8) is 0 Å². The summed E-state index contributed by atoms with van der Waals surface area (Å²) < 4.78 is 27.1. The lowest BCUT2D eigenvalue weighted by molar-refractivity contribution is 0.164. The lowest BCUT2D eigenvalue weighted by Gasteiger charge is -2.31. The molecule has 0 saturated carbocycles. The largest absolute Gasteiger partial charge is 0.394 e. The quantitative estimate of drug-likeness (QED) is 0.768. The highest BCUT2D eigenvalue weighted by Crippen LogP contribution is 2.24. The first-order valence-electron chi connectivity index (χ1n) is 7.00. The summed E-state index contributed by atoms with van der Waals surface area (Å²) in [4.78, 5) is 2.22. The number of rotatable bonds is 8. The SMILES string of the molecule is CCN(CC)CCNC(C)(CO)c1cc(F)ccc1F. The summed E-state index contributed by atoms with van der Waals surface area (Å²) in [5.41, 5.74) is -0.834. The van der Waals surface area contributed by atoms with Crippen molar-refractivity contribution in [1.29, 1.82) is 0 Å². The molecule has 0 spiro atoms. The van der Waals surface area contributed by atoms with Gasteiger partial charge in [0.2, 0.25) is 0 Å². The van der Waals surface area contributed by atoms with Gasteiger partial charge in [-0.1, -0.05) is 13.8 Å². The summed E-state index contributed by atoms with van der Waals surface area (Å²) in [6, 6.07) is 3.30. The normalized spacial score (nSPS) is 14.6. The van der Waals surface area contributed by atoms with Crippen molar-refractivity contribution in [3.05, 3.63) is 35.4 Å². The van der Waals surface area contributed by atoms with Crippen LogP contribution in [0.1, 0.15) is 26.3 Å². The number of nitrogens with zero attached hydrogens (tertiary/aromatic N) is 1. The third kappa shape index (κ3) is 4.23. The smallest absolute Gasteiger partial charge is 0.128 e. The summed E-state index contributed by atoms with van der Waals surface area (Å²) in [7, 11) is 0. The molecule has 0 aliphatic carbocycles. The van der Waals surface area contributed by atoms with Crippen LogP contribution >= 0.6 is 0 Å². The van der Waals surface area contributed by atoms with Crippen molar-refractivity contribution >= 4 is 0 Å². The number of aliphatic hydroxyl groups excluding tert-OH is 1. The van der Waals surface area contributed by atoms with E-state index in [9.17, 15) is 13.9 Å². The molecule has 5 heteroatoms. The number of hydrogen-bond donors (Lipinski definition) is 2. The predicted octanol–water partition coefficient (Wildman–Crippen LogP) is 2.10. The van der Waals surface area contributed by atoms with Gasteiger partial charge in [0.25, 0.3) is 0 Å². The van der Waals surface area contributed by atoms with Gasteiger partial charge in [-0.15, -0.1) is 0 Å². The maximum Gasteiger partial charge on any atom is 0.128 e. The molecule has 0 radical (unpaired) electrons. The number of likely N-dealkylation sites (N-methyl/N-ethyl adjacent to an activating group) is 1. The van der Waals surface area contributed by atoms with E-state index in [1.54, 1.807) is 6.92 Å². The number of halogens is 2. The molecule has 1 aromatic rings. The van der Waals surface area contributed by atoms with Gasteiger partial charge in [0.15, 0.2) is 0 Å². The fraction of sp³-hybridized carbons (Fsp3) is 0.600. The summed E-state index contributed by atoms with van der Waals surface area (Å²) in [5.74, 6) is -1.02. The van der Waals surface area contributed by atoms with E-state index in [2.05, 4.69) is 24.1 Å². The molecular weight excluding hydrogens is 262 g/mol. The fourth-order valence-electron chi connectivity index (χ4n) is 2.19. The molecule has 3 nitrogen and oxygen atoms in total. The molecule has 2 N–H and O–H groups in total. The summed E-state index contributed by atoms with van der Waals surface area (Å²) >= 11 is 0. The van der Waals surface area contributed by atoms with Crippen molar-refractivity contribution in [2.75, 3.05) is 32.8 Å². The van der Waals surface area contributed by atoms with Gasteiger partial charge in [0.1, 0.15) is 11.6 Å². The Morgan fingerprint density at radius 2 is 1.90 bits per heavy atom. The third-order valence-corrected chi connectivity index (χ3v) is 3.68. The predicted molar refractivity (Wildman–Crippen MR) is 76.6 cm³/mol. The molecule has 0 aromatic heterocycles. The molecule has 114 valence electrons. The second-order valence-corrected chi connectivity index (χ2v) is 5.07. The first-order valence-corrected chi connectivity index (χ1v) is 7.00. The van der Waals surface area contributed by atoms with Crippen LogP contribution in [0, 0.1) is 11.6 Å². The van der Waals surface area contributed by atoms with E-state index in [-0.39, 0.29) is 12.2 Å². The summed E-state index contributed by atoms with van der Waals surface area (Å²) in [5, 5.41) is 12.7. The average molecular weight is 286 g/mol. The molecule has 20 heavy (non-hydrogen) atoms. The topological polar surface area (TPSA) is 35.5 Å². The van der Waals surface area contributed by atoms with Crippen LogP contribution < -0.4 is 5.32 Å². The second kappa shape index (κ2) is 7.67. The van der Waals surface area contributed by atoms with Crippen LogP contribution in [0.3, 0.4) is 0 Å². The van der Waals surface area contributed by atoms with Crippen LogP contribution in [0.5, 0.6) is 0 Å². The molecule has 0 fully saturated rings. The maximum absolute atomic E-state index is 13.8. The van der Waals surface area contributed by atoms with Crippen LogP contribution in [0.25, 0.3) is 0 Å². The minimum atomic E-state index is -0.987. The van der Waals surface area contributed by atoms with E-state index in [1.165, 1.54) is 0 Å². The Labute approximate surface area is 119 Å². The van der Waals surface area contributed by atoms with Gasteiger partial charge in [-0.2, -0.15) is 0 Å². The second-order valence-electron chi connectivity index (χ2n) is 5.07. The lowest BCUT2D eigenvalue weighted by atomic mass is 9.92. The Bertz CT molecular complexity index is 424. The molecule has 0 amide bonds. The van der Waals surface area contributed by atoms with Crippen LogP contribution in [0.4, 0.5) is 8.78 Å². The standard InChI is InChI=1S/C15H24F2N2O/c1-4-19(5-2)9-8-18-15(3,11-20)13-10-12(16)6-7-14(13)17/h6-7,10,18,20H,4-5,8-9,11H2,1-3H3. The Morgan fingerprint density at radius 1 is 1.25 bits per heavy atom. The molecule has 1 unspecified atom stereocenters. The lowest BCUT2D eigenvalue weighted by Crippen LogP contribution is -2.46. The zero-order valence-corrected chi connectivity index (χ0v) is 12.4. The van der Waals surface area contributed by atoms with Crippen molar-refractivity contribution < 1.29 is 13.9 Å². The van der Waals surface area contributed by atoms with Gasteiger partial charge in [-0.25, -0.2) is 8.78 Å². The number of hydrogen-bond acceptors (Lipinski definition) is 3. The van der Waals surface area contributed by atoms with Crippen molar-refractivity contribution in [1.82, 2.24) is 10.2 Å². The van der Waals surface area contributed by atoms with E-state index >= 15 is 0 Å². The van der Waals surface area contributed by atoms with E-state index in [0.717, 1.165) is 37.8 Å². The van der Waals surface area contributed by atoms with Gasteiger partial charge in [-0.3, -0.25) is 0 Å². The van der Waals surface area contributed by atoms with Crippen molar-refractivity contribution in [2.45, 2.75) is 26.3 Å². The van der Waals surface area contributed by atoms with Gasteiger partial charge < -0.3 is 15.3 Å². The minimum absolute atomic E-state index is 0.152. The molecule has 1 aromatic carbocycles. The van der Waals surface area contributed by atoms with E-state index < -0.39 is 17.2 Å². The summed E-state index contributed by atoms with van der Waals surface area (Å²) in [6.07, 6.45) is 0. The molecule has 0 aliphatic rings. The van der Waals surface area contributed by atoms with Crippen molar-refractivity contribution in [2.24, 2.45) is 0 Å². The van der Waals surface area contributed by atoms with Crippen LogP contribution in [0.15, 0.2) is 18.2 Å². The minimum Gasteiger partial charge on any atom is -0.394 e. The van der Waals surface area contributed by atoms with Gasteiger partial charge >= 0.3 is 0 Å². The van der Waals surface area contributed by atoms with Gasteiger partial charge in [0, 0.05) is 18.7 Å². The first-order chi connectivity index (χ1) is 9.46. The number of aliphatic hydroxyl groups is 1. The summed E-state index contributed by atoms with van der Waals surface area (Å²) in [6.45, 7) is 8.76. The highest BCUT2D eigenvalue weighted by Gasteiger charge is 2.28. The van der Waals surface area contributed by atoms with Gasteiger partial charge in [-0.05, 0) is 38.2 Å². The Balaban J connectivity index is 2.78. The average Bonchev–Trinajstić information content (AvgIpc) is 2.46. The zero-order chi connectivity index (χ0) is 15.2. The molecule has 1 atom stereocenters. The molecule has 1 rings (SSSR count). The van der Waals surface area contributed by atoms with Crippen molar-refractivity contribution in [3.8, 4) is 0 Å². The van der Waals surface area contributed by atoms with Crippen LogP contribution in [-0.2, 0) is 5.54 Å². The molecule has 0 aliphatic heterocycles.